The van der Waals surface area contributed by atoms with Gasteiger partial charge >= 0.3 is 0 Å². The lowest BCUT2D eigenvalue weighted by molar-refractivity contribution is -0.130. The van der Waals surface area contributed by atoms with Gasteiger partial charge in [0.1, 0.15) is 12.0 Å². The number of aromatic nitrogens is 3. The second kappa shape index (κ2) is 8.65. The van der Waals surface area contributed by atoms with Gasteiger partial charge in [0.15, 0.2) is 5.16 Å². The molecule has 146 valence electrons. The van der Waals surface area contributed by atoms with E-state index in [0.717, 1.165) is 15.7 Å². The second-order valence-corrected chi connectivity index (χ2v) is 7.02. The van der Waals surface area contributed by atoms with Gasteiger partial charge in [-0.05, 0) is 17.7 Å². The minimum absolute atomic E-state index is 0.155. The first kappa shape index (κ1) is 19.5. The number of hydrazone groups is 1. The summed E-state index contributed by atoms with van der Waals surface area (Å²) in [6, 6.07) is 7.04. The number of thioether (sulfide) groups is 1. The van der Waals surface area contributed by atoms with E-state index in [2.05, 4.69) is 26.2 Å². The van der Waals surface area contributed by atoms with Crippen LogP contribution in [-0.2, 0) is 22.4 Å². The molecule has 0 aliphatic carbocycles. The van der Waals surface area contributed by atoms with E-state index in [4.69, 9.17) is 0 Å². The van der Waals surface area contributed by atoms with E-state index >= 15 is 0 Å². The zero-order valence-corrected chi connectivity index (χ0v) is 16.2. The summed E-state index contributed by atoms with van der Waals surface area (Å²) < 4.78 is 1.83. The van der Waals surface area contributed by atoms with Crippen LogP contribution < -0.4 is 10.9 Å². The van der Waals surface area contributed by atoms with Gasteiger partial charge in [0.05, 0.1) is 0 Å². The molecule has 11 heteroatoms. The number of nitrogens with zero attached hydrogens (tertiary/aromatic N) is 5. The third-order valence-electron chi connectivity index (χ3n) is 4.01. The predicted molar refractivity (Wildman–Crippen MR) is 102 cm³/mol. The van der Waals surface area contributed by atoms with Crippen molar-refractivity contribution in [1.82, 2.24) is 30.6 Å². The minimum atomic E-state index is -0.538. The third kappa shape index (κ3) is 4.74. The standard InChI is InChI=1S/C17H19N7O3S/c1-23-10-18-21-17(23)28-9-11-3-5-12(6-4-11)15(26)19-20-16(27)13-7-8-14(25)24(2)22-13/h3-6,10H,7-9H2,1-2H3,(H,19,26)(H,20,27). The molecule has 3 rings (SSSR count). The molecule has 1 aliphatic rings. The monoisotopic (exact) mass is 401 g/mol. The van der Waals surface area contributed by atoms with Crippen molar-refractivity contribution in [2.45, 2.75) is 23.8 Å². The van der Waals surface area contributed by atoms with Crippen molar-refractivity contribution in [2.75, 3.05) is 7.05 Å². The molecule has 10 nitrogen and oxygen atoms in total. The largest absolute Gasteiger partial charge is 0.312 e. The Bertz CT molecular complexity index is 923. The first-order valence-corrected chi connectivity index (χ1v) is 9.43. The van der Waals surface area contributed by atoms with Crippen LogP contribution in [0.2, 0.25) is 0 Å². The number of benzene rings is 1. The number of rotatable bonds is 5. The van der Waals surface area contributed by atoms with Crippen molar-refractivity contribution in [1.29, 1.82) is 0 Å². The molecule has 1 aromatic heterocycles. The SMILES string of the molecule is CN1N=C(C(=O)NNC(=O)c2ccc(CSc3nncn3C)cc2)CCC1=O. The molecule has 0 atom stereocenters. The van der Waals surface area contributed by atoms with Crippen LogP contribution in [0, 0.1) is 0 Å². The topological polar surface area (TPSA) is 122 Å². The van der Waals surface area contributed by atoms with Crippen molar-refractivity contribution in [3.05, 3.63) is 41.7 Å². The Hall–Kier alpha value is -3.21. The smallest absolute Gasteiger partial charge is 0.285 e. The molecule has 0 spiro atoms. The number of hydrogen-bond acceptors (Lipinski definition) is 7. The molecule has 3 amide bonds. The maximum atomic E-state index is 12.2. The molecule has 1 aliphatic heterocycles. The van der Waals surface area contributed by atoms with Gasteiger partial charge in [-0.1, -0.05) is 23.9 Å². The fraction of sp³-hybridized carbons (Fsp3) is 0.294. The highest BCUT2D eigenvalue weighted by Gasteiger charge is 2.22. The van der Waals surface area contributed by atoms with Crippen LogP contribution in [-0.4, -0.2) is 50.3 Å². The minimum Gasteiger partial charge on any atom is -0.312 e. The van der Waals surface area contributed by atoms with Crippen molar-refractivity contribution in [2.24, 2.45) is 12.1 Å². The van der Waals surface area contributed by atoms with Crippen molar-refractivity contribution in [3.8, 4) is 0 Å². The number of amides is 3. The average molecular weight is 401 g/mol. The van der Waals surface area contributed by atoms with E-state index in [0.29, 0.717) is 11.3 Å². The highest BCUT2D eigenvalue weighted by molar-refractivity contribution is 7.98. The fourth-order valence-electron chi connectivity index (χ4n) is 2.39. The first-order valence-electron chi connectivity index (χ1n) is 8.44. The third-order valence-corrected chi connectivity index (χ3v) is 5.12. The van der Waals surface area contributed by atoms with Gasteiger partial charge in [-0.2, -0.15) is 5.10 Å². The number of carbonyl (C=O) groups excluding carboxylic acids is 3. The Kier molecular flexibility index (Phi) is 6.04. The van der Waals surface area contributed by atoms with Crippen molar-refractivity contribution < 1.29 is 14.4 Å². The Morgan fingerprint density at radius 2 is 1.82 bits per heavy atom. The van der Waals surface area contributed by atoms with E-state index in [-0.39, 0.29) is 24.5 Å². The lowest BCUT2D eigenvalue weighted by Gasteiger charge is -2.18. The predicted octanol–water partition coefficient (Wildman–Crippen LogP) is 0.477. The van der Waals surface area contributed by atoms with E-state index in [1.54, 1.807) is 30.2 Å². The summed E-state index contributed by atoms with van der Waals surface area (Å²) in [6.45, 7) is 0. The lowest BCUT2D eigenvalue weighted by Crippen LogP contribution is -2.46. The normalized spacial score (nSPS) is 13.9. The molecule has 0 unspecified atom stereocenters. The zero-order valence-electron chi connectivity index (χ0n) is 15.4. The summed E-state index contributed by atoms with van der Waals surface area (Å²) in [5.41, 5.74) is 6.30. The molecule has 1 aromatic carbocycles. The molecule has 2 N–H and O–H groups in total. The van der Waals surface area contributed by atoms with Crippen LogP contribution in [0.3, 0.4) is 0 Å². The quantitative estimate of drug-likeness (QED) is 0.555. The number of nitrogens with one attached hydrogen (secondary N) is 2. The molecule has 28 heavy (non-hydrogen) atoms. The first-order chi connectivity index (χ1) is 13.4. The molecule has 0 bridgehead atoms. The number of hydrogen-bond donors (Lipinski definition) is 2. The number of aryl methyl sites for hydroxylation is 1. The summed E-state index contributed by atoms with van der Waals surface area (Å²) >= 11 is 1.54. The van der Waals surface area contributed by atoms with E-state index in [1.807, 2.05) is 23.7 Å². The van der Waals surface area contributed by atoms with Gasteiger partial charge in [-0.15, -0.1) is 10.2 Å². The van der Waals surface area contributed by atoms with E-state index in [9.17, 15) is 14.4 Å². The van der Waals surface area contributed by atoms with Crippen LogP contribution in [0.1, 0.15) is 28.8 Å². The van der Waals surface area contributed by atoms with E-state index < -0.39 is 11.8 Å². The number of carbonyl (C=O) groups is 3. The maximum absolute atomic E-state index is 12.2. The van der Waals surface area contributed by atoms with Crippen molar-refractivity contribution in [3.63, 3.8) is 0 Å². The van der Waals surface area contributed by atoms with Gasteiger partial charge in [0.2, 0.25) is 5.91 Å². The molecule has 2 aromatic rings. The van der Waals surface area contributed by atoms with Gasteiger partial charge in [0.25, 0.3) is 11.8 Å². The Balaban J connectivity index is 1.50. The average Bonchev–Trinajstić information content (AvgIpc) is 3.11. The summed E-state index contributed by atoms with van der Waals surface area (Å²) in [7, 11) is 3.36. The van der Waals surface area contributed by atoms with Crippen LogP contribution in [0.5, 0.6) is 0 Å². The zero-order chi connectivity index (χ0) is 20.1. The highest BCUT2D eigenvalue weighted by Crippen LogP contribution is 2.20. The van der Waals surface area contributed by atoms with Gasteiger partial charge in [-0.3, -0.25) is 25.2 Å². The van der Waals surface area contributed by atoms with Gasteiger partial charge in [-0.25, -0.2) is 5.01 Å². The van der Waals surface area contributed by atoms with Crippen LogP contribution in [0.25, 0.3) is 0 Å². The van der Waals surface area contributed by atoms with Crippen LogP contribution >= 0.6 is 11.8 Å². The molecule has 2 heterocycles. The van der Waals surface area contributed by atoms with E-state index in [1.165, 1.54) is 7.05 Å². The number of hydrazine groups is 1. The summed E-state index contributed by atoms with van der Waals surface area (Å²) in [4.78, 5) is 35.6. The van der Waals surface area contributed by atoms with Crippen molar-refractivity contribution >= 4 is 35.2 Å². The molecular weight excluding hydrogens is 382 g/mol. The van der Waals surface area contributed by atoms with Gasteiger partial charge < -0.3 is 4.57 Å². The molecule has 0 saturated carbocycles. The molecule has 0 fully saturated rings. The highest BCUT2D eigenvalue weighted by atomic mass is 32.2. The summed E-state index contributed by atoms with van der Waals surface area (Å²) in [5, 5.41) is 13.7. The Morgan fingerprint density at radius 1 is 1.11 bits per heavy atom. The van der Waals surface area contributed by atoms with Gasteiger partial charge in [0, 0.05) is 38.3 Å². The molecule has 0 saturated heterocycles. The Labute approximate surface area is 165 Å². The summed E-state index contributed by atoms with van der Waals surface area (Å²) in [5.74, 6) is -0.443. The molecular formula is C17H19N7O3S. The summed E-state index contributed by atoms with van der Waals surface area (Å²) in [6.07, 6.45) is 2.09. The fourth-order valence-corrected chi connectivity index (χ4v) is 3.24. The van der Waals surface area contributed by atoms with Crippen LogP contribution in [0.15, 0.2) is 40.9 Å². The Morgan fingerprint density at radius 3 is 2.46 bits per heavy atom. The lowest BCUT2D eigenvalue weighted by atomic mass is 10.1. The maximum Gasteiger partial charge on any atom is 0.285 e. The molecule has 0 radical (unpaired) electrons. The second-order valence-electron chi connectivity index (χ2n) is 6.08. The van der Waals surface area contributed by atoms with Crippen LogP contribution in [0.4, 0.5) is 0 Å².